The zero-order chi connectivity index (χ0) is 18.1. The van der Waals surface area contributed by atoms with Crippen molar-refractivity contribution in [2.75, 3.05) is 6.54 Å². The third kappa shape index (κ3) is 6.52. The average Bonchev–Trinajstić information content (AvgIpc) is 3.12. The summed E-state index contributed by atoms with van der Waals surface area (Å²) >= 11 is 1.43. The molecule has 1 aromatic heterocycles. The topological polar surface area (TPSA) is 106 Å². The lowest BCUT2D eigenvalue weighted by Gasteiger charge is -2.12. The summed E-state index contributed by atoms with van der Waals surface area (Å²) in [6.07, 6.45) is 1.16. The number of alkyl carbamates (subject to hydrolysis) is 1. The Morgan fingerprint density at radius 1 is 1.32 bits per heavy atom. The number of carbonyl (C=O) groups is 2. The fraction of sp³-hybridized carbons (Fsp3) is 0.353. The van der Waals surface area contributed by atoms with E-state index in [4.69, 9.17) is 10.6 Å². The van der Waals surface area contributed by atoms with Crippen LogP contribution < -0.4 is 16.6 Å². The van der Waals surface area contributed by atoms with E-state index in [0.29, 0.717) is 12.2 Å². The molecule has 1 unspecified atom stereocenters. The molecule has 0 saturated heterocycles. The van der Waals surface area contributed by atoms with Gasteiger partial charge in [0.1, 0.15) is 12.3 Å². The number of hydrazine groups is 1. The lowest BCUT2D eigenvalue weighted by molar-refractivity contribution is 0.0949. The van der Waals surface area contributed by atoms with E-state index in [9.17, 15) is 9.59 Å². The highest BCUT2D eigenvalue weighted by atomic mass is 32.1. The molecule has 134 valence electrons. The molecule has 0 aliphatic rings. The van der Waals surface area contributed by atoms with Crippen LogP contribution in [-0.4, -0.2) is 23.5 Å². The number of rotatable bonds is 8. The molecular formula is C17H22N4O3S. The number of carbonyl (C=O) groups excluding carboxylic acids is 2. The Morgan fingerprint density at radius 3 is 2.80 bits per heavy atom. The Hall–Kier alpha value is -2.45. The fourth-order valence-corrected chi connectivity index (χ4v) is 2.90. The number of benzene rings is 1. The maximum absolute atomic E-state index is 11.7. The summed E-state index contributed by atoms with van der Waals surface area (Å²) in [6.45, 7) is 2.82. The highest BCUT2D eigenvalue weighted by molar-refractivity contribution is 7.09. The molecule has 0 aliphatic heterocycles. The molecule has 7 nitrogen and oxygen atoms in total. The van der Waals surface area contributed by atoms with Crippen LogP contribution in [0.4, 0.5) is 4.79 Å². The smallest absolute Gasteiger partial charge is 0.407 e. The third-order valence-corrected chi connectivity index (χ3v) is 4.48. The van der Waals surface area contributed by atoms with Crippen molar-refractivity contribution in [1.29, 1.82) is 0 Å². The summed E-state index contributed by atoms with van der Waals surface area (Å²) in [7, 11) is 0. The molecule has 0 aliphatic carbocycles. The van der Waals surface area contributed by atoms with Crippen LogP contribution in [0.3, 0.4) is 0 Å². The number of aromatic nitrogens is 1. The van der Waals surface area contributed by atoms with Gasteiger partial charge in [0.05, 0.1) is 5.01 Å². The van der Waals surface area contributed by atoms with Gasteiger partial charge in [-0.25, -0.2) is 15.6 Å². The second-order valence-electron chi connectivity index (χ2n) is 5.69. The highest BCUT2D eigenvalue weighted by Gasteiger charge is 2.11. The number of thiazole rings is 1. The monoisotopic (exact) mass is 362 g/mol. The summed E-state index contributed by atoms with van der Waals surface area (Å²) in [5, 5.41) is 5.32. The van der Waals surface area contributed by atoms with E-state index in [1.54, 1.807) is 5.38 Å². The van der Waals surface area contributed by atoms with Crippen molar-refractivity contribution >= 4 is 23.3 Å². The Labute approximate surface area is 150 Å². The van der Waals surface area contributed by atoms with Crippen LogP contribution >= 0.6 is 11.3 Å². The van der Waals surface area contributed by atoms with Gasteiger partial charge in [-0.1, -0.05) is 37.3 Å². The number of nitrogens with one attached hydrogen (secondary N) is 2. The van der Waals surface area contributed by atoms with Gasteiger partial charge in [0.15, 0.2) is 0 Å². The summed E-state index contributed by atoms with van der Waals surface area (Å²) in [5.74, 6) is 4.95. The molecule has 2 amide bonds. The molecule has 2 aromatic rings. The van der Waals surface area contributed by atoms with Crippen LogP contribution in [0, 0.1) is 5.92 Å². The first-order valence-corrected chi connectivity index (χ1v) is 8.86. The van der Waals surface area contributed by atoms with Crippen LogP contribution in [0.1, 0.15) is 34.4 Å². The van der Waals surface area contributed by atoms with Gasteiger partial charge in [0.2, 0.25) is 0 Å². The number of nitrogens with two attached hydrogens (primary N) is 1. The van der Waals surface area contributed by atoms with Crippen molar-refractivity contribution in [3.05, 3.63) is 52.0 Å². The van der Waals surface area contributed by atoms with Gasteiger partial charge >= 0.3 is 6.09 Å². The minimum atomic E-state index is -0.424. The minimum absolute atomic E-state index is 0.256. The fourth-order valence-electron chi connectivity index (χ4n) is 2.11. The van der Waals surface area contributed by atoms with Crippen molar-refractivity contribution in [1.82, 2.24) is 15.7 Å². The van der Waals surface area contributed by atoms with Crippen LogP contribution in [-0.2, 0) is 17.8 Å². The Bertz CT molecular complexity index is 690. The van der Waals surface area contributed by atoms with E-state index in [0.717, 1.165) is 23.4 Å². The molecule has 8 heteroatoms. The number of nitrogen functional groups attached to an aromatic ring is 1. The number of hydrogen-bond donors (Lipinski definition) is 3. The second-order valence-corrected chi connectivity index (χ2v) is 6.63. The molecular weight excluding hydrogens is 340 g/mol. The second kappa shape index (κ2) is 9.75. The van der Waals surface area contributed by atoms with Gasteiger partial charge < -0.3 is 10.1 Å². The maximum Gasteiger partial charge on any atom is 0.407 e. The predicted octanol–water partition coefficient (Wildman–Crippen LogP) is 2.24. The molecule has 0 radical (unpaired) electrons. The maximum atomic E-state index is 11.7. The van der Waals surface area contributed by atoms with Crippen molar-refractivity contribution in [3.8, 4) is 0 Å². The third-order valence-electron chi connectivity index (χ3n) is 3.57. The normalized spacial score (nSPS) is 11.6. The van der Waals surface area contributed by atoms with E-state index >= 15 is 0 Å². The molecule has 1 atom stereocenters. The first kappa shape index (κ1) is 18.9. The molecule has 4 N–H and O–H groups in total. The van der Waals surface area contributed by atoms with Gasteiger partial charge in [-0.2, -0.15) is 0 Å². The van der Waals surface area contributed by atoms with E-state index in [-0.39, 0.29) is 12.5 Å². The SMILES string of the molecule is CC(CCc1nc(C(=O)NN)cs1)CNC(=O)OCc1ccccc1. The molecule has 0 spiro atoms. The summed E-state index contributed by atoms with van der Waals surface area (Å²) < 4.78 is 5.17. The zero-order valence-corrected chi connectivity index (χ0v) is 14.8. The number of hydrogen-bond acceptors (Lipinski definition) is 6. The lowest BCUT2D eigenvalue weighted by Crippen LogP contribution is -2.30. The lowest BCUT2D eigenvalue weighted by atomic mass is 10.1. The number of aryl methyl sites for hydroxylation is 1. The van der Waals surface area contributed by atoms with Gasteiger partial charge in [0, 0.05) is 11.9 Å². The van der Waals surface area contributed by atoms with Crippen molar-refractivity contribution < 1.29 is 14.3 Å². The first-order valence-electron chi connectivity index (χ1n) is 7.98. The largest absolute Gasteiger partial charge is 0.445 e. The summed E-state index contributed by atoms with van der Waals surface area (Å²) in [5.41, 5.74) is 3.34. The number of ether oxygens (including phenoxy) is 1. The number of nitrogens with zero attached hydrogens (tertiary/aromatic N) is 1. The molecule has 2 rings (SSSR count). The van der Waals surface area contributed by atoms with E-state index < -0.39 is 12.0 Å². The van der Waals surface area contributed by atoms with Gasteiger partial charge in [-0.3, -0.25) is 10.2 Å². The van der Waals surface area contributed by atoms with Gasteiger partial charge in [0.25, 0.3) is 5.91 Å². The zero-order valence-electron chi connectivity index (χ0n) is 14.0. The molecule has 1 heterocycles. The quantitative estimate of drug-likeness (QED) is 0.379. The Morgan fingerprint density at radius 2 is 2.08 bits per heavy atom. The van der Waals surface area contributed by atoms with E-state index in [2.05, 4.69) is 15.7 Å². The van der Waals surface area contributed by atoms with Crippen LogP contribution in [0.5, 0.6) is 0 Å². The Balaban J connectivity index is 1.64. The molecule has 1 aromatic carbocycles. The molecule has 0 fully saturated rings. The summed E-state index contributed by atoms with van der Waals surface area (Å²) in [6, 6.07) is 9.53. The molecule has 25 heavy (non-hydrogen) atoms. The van der Waals surface area contributed by atoms with E-state index in [1.165, 1.54) is 11.3 Å². The predicted molar refractivity (Wildman–Crippen MR) is 95.9 cm³/mol. The van der Waals surface area contributed by atoms with Crippen molar-refractivity contribution in [2.24, 2.45) is 11.8 Å². The Kier molecular flexibility index (Phi) is 7.36. The first-order chi connectivity index (χ1) is 12.1. The van der Waals surface area contributed by atoms with Gasteiger partial charge in [-0.05, 0) is 24.3 Å². The summed E-state index contributed by atoms with van der Waals surface area (Å²) in [4.78, 5) is 27.3. The van der Waals surface area contributed by atoms with Crippen LogP contribution in [0.2, 0.25) is 0 Å². The minimum Gasteiger partial charge on any atom is -0.445 e. The van der Waals surface area contributed by atoms with Crippen LogP contribution in [0.15, 0.2) is 35.7 Å². The molecule has 0 saturated carbocycles. The van der Waals surface area contributed by atoms with Gasteiger partial charge in [-0.15, -0.1) is 11.3 Å². The standard InChI is InChI=1S/C17H22N4O3S/c1-12(7-8-15-20-14(11-25-15)16(22)21-18)9-19-17(23)24-10-13-5-3-2-4-6-13/h2-6,11-12H,7-10,18H2,1H3,(H,19,23)(H,21,22). The van der Waals surface area contributed by atoms with Crippen molar-refractivity contribution in [2.45, 2.75) is 26.4 Å². The highest BCUT2D eigenvalue weighted by Crippen LogP contribution is 2.14. The average molecular weight is 362 g/mol. The van der Waals surface area contributed by atoms with Crippen LogP contribution in [0.25, 0.3) is 0 Å². The number of amides is 2. The molecule has 0 bridgehead atoms. The van der Waals surface area contributed by atoms with Crippen molar-refractivity contribution in [3.63, 3.8) is 0 Å². The van der Waals surface area contributed by atoms with E-state index in [1.807, 2.05) is 37.3 Å².